The van der Waals surface area contributed by atoms with Crippen LogP contribution >= 0.6 is 0 Å². The molecule has 3 nitrogen and oxygen atoms in total. The summed E-state index contributed by atoms with van der Waals surface area (Å²) >= 11 is 0. The molecule has 1 heterocycles. The number of phenols is 1. The standard InChI is InChI=1S/C14H18BFO3/c1-13(2)14(3,4)19-15(18-13)9-8-10-6-5-7-11(16)12(10)17/h5-9,17H,1-4H3/b9-8+. The fraction of sp³-hybridized carbons (Fsp3) is 0.429. The lowest BCUT2D eigenvalue weighted by Crippen LogP contribution is -2.41. The molecular weight excluding hydrogens is 246 g/mol. The van der Waals surface area contributed by atoms with Crippen LogP contribution in [0, 0.1) is 5.82 Å². The second-order valence-electron chi connectivity index (χ2n) is 5.66. The third-order valence-corrected chi connectivity index (χ3v) is 3.72. The molecular formula is C14H18BFO3. The van der Waals surface area contributed by atoms with E-state index in [0.29, 0.717) is 5.56 Å². The maximum Gasteiger partial charge on any atom is 0.487 e. The molecule has 0 bridgehead atoms. The summed E-state index contributed by atoms with van der Waals surface area (Å²) in [4.78, 5) is 0. The zero-order valence-electron chi connectivity index (χ0n) is 11.6. The van der Waals surface area contributed by atoms with Crippen LogP contribution in [0.4, 0.5) is 4.39 Å². The molecule has 1 aromatic carbocycles. The third kappa shape index (κ3) is 2.67. The molecule has 5 heteroatoms. The molecule has 1 N–H and O–H groups in total. The van der Waals surface area contributed by atoms with Crippen LogP contribution in [0.25, 0.3) is 6.08 Å². The van der Waals surface area contributed by atoms with Gasteiger partial charge in [-0.2, -0.15) is 0 Å². The van der Waals surface area contributed by atoms with Gasteiger partial charge in [-0.15, -0.1) is 0 Å². The van der Waals surface area contributed by atoms with Gasteiger partial charge < -0.3 is 14.4 Å². The van der Waals surface area contributed by atoms with E-state index in [4.69, 9.17) is 9.31 Å². The van der Waals surface area contributed by atoms with E-state index in [-0.39, 0.29) is 5.75 Å². The summed E-state index contributed by atoms with van der Waals surface area (Å²) in [6, 6.07) is 4.38. The predicted octanol–water partition coefficient (Wildman–Crippen LogP) is 3.18. The lowest BCUT2D eigenvalue weighted by Gasteiger charge is -2.32. The summed E-state index contributed by atoms with van der Waals surface area (Å²) in [7, 11) is -0.507. The van der Waals surface area contributed by atoms with Crippen molar-refractivity contribution in [2.24, 2.45) is 0 Å². The highest BCUT2D eigenvalue weighted by atomic mass is 19.1. The van der Waals surface area contributed by atoms with Crippen molar-refractivity contribution in [2.45, 2.75) is 38.9 Å². The molecule has 102 valence electrons. The molecule has 0 aliphatic carbocycles. The first-order valence-corrected chi connectivity index (χ1v) is 6.24. The van der Waals surface area contributed by atoms with Gasteiger partial charge in [0.15, 0.2) is 11.6 Å². The number of para-hydroxylation sites is 1. The largest absolute Gasteiger partial charge is 0.504 e. The van der Waals surface area contributed by atoms with Gasteiger partial charge in [-0.3, -0.25) is 0 Å². The molecule has 1 aromatic rings. The van der Waals surface area contributed by atoms with Gasteiger partial charge in [-0.05, 0) is 33.8 Å². The lowest BCUT2D eigenvalue weighted by molar-refractivity contribution is 0.00578. The fourth-order valence-corrected chi connectivity index (χ4v) is 1.82. The molecule has 1 aliphatic heterocycles. The average Bonchev–Trinajstić information content (AvgIpc) is 2.50. The minimum absolute atomic E-state index is 0.365. The highest BCUT2D eigenvalue weighted by Crippen LogP contribution is 2.37. The van der Waals surface area contributed by atoms with Gasteiger partial charge >= 0.3 is 7.12 Å². The van der Waals surface area contributed by atoms with Gasteiger partial charge in [0.05, 0.1) is 11.2 Å². The second-order valence-corrected chi connectivity index (χ2v) is 5.66. The number of aromatic hydroxyl groups is 1. The molecule has 1 aliphatic rings. The quantitative estimate of drug-likeness (QED) is 0.834. The predicted molar refractivity (Wildman–Crippen MR) is 73.2 cm³/mol. The molecule has 19 heavy (non-hydrogen) atoms. The van der Waals surface area contributed by atoms with E-state index in [0.717, 1.165) is 0 Å². The lowest BCUT2D eigenvalue weighted by atomic mass is 9.89. The SMILES string of the molecule is CC1(C)OB(/C=C/c2cccc(F)c2O)OC1(C)C. The van der Waals surface area contributed by atoms with Gasteiger partial charge in [-0.1, -0.05) is 24.2 Å². The Morgan fingerprint density at radius 2 is 1.74 bits per heavy atom. The second kappa shape index (κ2) is 4.65. The van der Waals surface area contributed by atoms with E-state index in [9.17, 15) is 9.50 Å². The minimum atomic E-state index is -0.643. The number of benzene rings is 1. The van der Waals surface area contributed by atoms with Crippen molar-refractivity contribution in [3.63, 3.8) is 0 Å². The first-order chi connectivity index (χ1) is 8.73. The maximum absolute atomic E-state index is 13.2. The summed E-state index contributed by atoms with van der Waals surface area (Å²) in [5.74, 6) is 0.664. The van der Waals surface area contributed by atoms with Crippen molar-refractivity contribution >= 4 is 13.2 Å². The van der Waals surface area contributed by atoms with E-state index in [1.807, 2.05) is 27.7 Å². The van der Waals surface area contributed by atoms with Crippen LogP contribution in [0.15, 0.2) is 24.2 Å². The van der Waals surface area contributed by atoms with Crippen molar-refractivity contribution in [2.75, 3.05) is 0 Å². The molecule has 2 rings (SSSR count). The average molecular weight is 264 g/mol. The van der Waals surface area contributed by atoms with Crippen LogP contribution in [0.1, 0.15) is 33.3 Å². The number of rotatable bonds is 2. The Hall–Kier alpha value is -1.33. The molecule has 1 fully saturated rings. The van der Waals surface area contributed by atoms with Gasteiger partial charge in [-0.25, -0.2) is 4.39 Å². The summed E-state index contributed by atoms with van der Waals surface area (Å²) in [6.07, 6.45) is 1.60. The molecule has 0 spiro atoms. The smallest absolute Gasteiger partial charge is 0.487 e. The van der Waals surface area contributed by atoms with Crippen LogP contribution < -0.4 is 0 Å². The Kier molecular flexibility index (Phi) is 3.45. The van der Waals surface area contributed by atoms with Crippen molar-refractivity contribution in [3.05, 3.63) is 35.6 Å². The normalized spacial score (nSPS) is 21.2. The molecule has 0 unspecified atom stereocenters. The van der Waals surface area contributed by atoms with Crippen molar-refractivity contribution < 1.29 is 18.8 Å². The third-order valence-electron chi connectivity index (χ3n) is 3.72. The minimum Gasteiger partial charge on any atom is -0.504 e. The summed E-state index contributed by atoms with van der Waals surface area (Å²) in [5.41, 5.74) is -0.424. The van der Waals surface area contributed by atoms with Crippen molar-refractivity contribution in [1.29, 1.82) is 0 Å². The Morgan fingerprint density at radius 3 is 2.32 bits per heavy atom. The zero-order chi connectivity index (χ0) is 14.3. The number of hydrogen-bond acceptors (Lipinski definition) is 3. The number of halogens is 1. The van der Waals surface area contributed by atoms with Gasteiger partial charge in [0.25, 0.3) is 0 Å². The highest BCUT2D eigenvalue weighted by molar-refractivity contribution is 6.52. The van der Waals surface area contributed by atoms with Gasteiger partial charge in [0.2, 0.25) is 0 Å². The van der Waals surface area contributed by atoms with E-state index in [1.54, 1.807) is 24.2 Å². The molecule has 0 aromatic heterocycles. The van der Waals surface area contributed by atoms with Crippen LogP contribution in [-0.2, 0) is 9.31 Å². The van der Waals surface area contributed by atoms with Crippen LogP contribution in [-0.4, -0.2) is 23.4 Å². The maximum atomic E-state index is 13.2. The number of phenolic OH excluding ortho intramolecular Hbond substituents is 1. The molecule has 0 amide bonds. The molecule has 0 atom stereocenters. The Bertz CT molecular complexity index is 495. The van der Waals surface area contributed by atoms with Crippen LogP contribution in [0.5, 0.6) is 5.75 Å². The van der Waals surface area contributed by atoms with Crippen LogP contribution in [0.2, 0.25) is 0 Å². The summed E-state index contributed by atoms with van der Waals surface area (Å²) in [6.45, 7) is 7.84. The molecule has 1 saturated heterocycles. The monoisotopic (exact) mass is 264 g/mol. The van der Waals surface area contributed by atoms with E-state index in [2.05, 4.69) is 0 Å². The van der Waals surface area contributed by atoms with Crippen LogP contribution in [0.3, 0.4) is 0 Å². The first kappa shape index (κ1) is 14.1. The van der Waals surface area contributed by atoms with Crippen molar-refractivity contribution in [3.8, 4) is 5.75 Å². The van der Waals surface area contributed by atoms with E-state index in [1.165, 1.54) is 6.07 Å². The van der Waals surface area contributed by atoms with Gasteiger partial charge in [0, 0.05) is 5.56 Å². The Balaban J connectivity index is 2.15. The molecule has 0 radical (unpaired) electrons. The van der Waals surface area contributed by atoms with Gasteiger partial charge in [0.1, 0.15) is 0 Å². The summed E-state index contributed by atoms with van der Waals surface area (Å²) < 4.78 is 24.7. The zero-order valence-corrected chi connectivity index (χ0v) is 11.6. The number of hydrogen-bond donors (Lipinski definition) is 1. The first-order valence-electron chi connectivity index (χ1n) is 6.24. The van der Waals surface area contributed by atoms with E-state index >= 15 is 0 Å². The molecule has 0 saturated carbocycles. The Morgan fingerprint density at radius 1 is 1.16 bits per heavy atom. The van der Waals surface area contributed by atoms with E-state index < -0.39 is 24.1 Å². The Labute approximate surface area is 113 Å². The fourth-order valence-electron chi connectivity index (χ4n) is 1.82. The topological polar surface area (TPSA) is 38.7 Å². The summed E-state index contributed by atoms with van der Waals surface area (Å²) in [5, 5.41) is 9.57. The highest BCUT2D eigenvalue weighted by Gasteiger charge is 2.49. The van der Waals surface area contributed by atoms with Crippen molar-refractivity contribution in [1.82, 2.24) is 0 Å².